The van der Waals surface area contributed by atoms with Crippen LogP contribution in [0, 0.1) is 0 Å². The molecular formula is C12H18O. The summed E-state index contributed by atoms with van der Waals surface area (Å²) >= 11 is 0. The maximum Gasteiger partial charge on any atom is 0.160 e. The van der Waals surface area contributed by atoms with Crippen molar-refractivity contribution < 1.29 is 4.79 Å². The van der Waals surface area contributed by atoms with Crippen LogP contribution in [0.25, 0.3) is 0 Å². The third-order valence-corrected chi connectivity index (χ3v) is 1.78. The minimum absolute atomic E-state index is 0.155. The predicted octanol–water partition coefficient (Wildman–Crippen LogP) is 3.48. The molecule has 0 aliphatic rings. The topological polar surface area (TPSA) is 17.1 Å². The maximum atomic E-state index is 11.0. The molecule has 1 aromatic carbocycles. The molecule has 1 rings (SSSR count). The molecule has 72 valence electrons. The van der Waals surface area contributed by atoms with Crippen molar-refractivity contribution in [3.63, 3.8) is 0 Å². The number of ketones is 1. The van der Waals surface area contributed by atoms with Crippen LogP contribution in [-0.2, 0) is 6.42 Å². The van der Waals surface area contributed by atoms with E-state index in [4.69, 9.17) is 0 Å². The van der Waals surface area contributed by atoms with Crippen molar-refractivity contribution in [2.45, 2.75) is 34.1 Å². The summed E-state index contributed by atoms with van der Waals surface area (Å²) in [4.78, 5) is 11.0. The highest BCUT2D eigenvalue weighted by molar-refractivity contribution is 5.95. The van der Waals surface area contributed by atoms with Gasteiger partial charge in [0.25, 0.3) is 0 Å². The Labute approximate surface area is 80.8 Å². The van der Waals surface area contributed by atoms with Gasteiger partial charge in [-0.15, -0.1) is 0 Å². The van der Waals surface area contributed by atoms with Crippen LogP contribution in [0.2, 0.25) is 0 Å². The van der Waals surface area contributed by atoms with E-state index in [0.29, 0.717) is 0 Å². The fraction of sp³-hybridized carbons (Fsp3) is 0.417. The number of rotatable bonds is 2. The van der Waals surface area contributed by atoms with Gasteiger partial charge < -0.3 is 0 Å². The summed E-state index contributed by atoms with van der Waals surface area (Å²) in [6.07, 6.45) is 0.926. The molecule has 0 aliphatic heterocycles. The highest BCUT2D eigenvalue weighted by Gasteiger charge is 2.02. The lowest BCUT2D eigenvalue weighted by Crippen LogP contribution is -1.97. The van der Waals surface area contributed by atoms with Gasteiger partial charge in [0.1, 0.15) is 0 Å². The molecule has 1 nitrogen and oxygen atoms in total. The number of carbonyl (C=O) groups is 1. The van der Waals surface area contributed by atoms with Gasteiger partial charge in [-0.3, -0.25) is 4.79 Å². The molecule has 0 spiro atoms. The Morgan fingerprint density at radius 2 is 1.77 bits per heavy atom. The number of benzene rings is 1. The highest BCUT2D eigenvalue weighted by atomic mass is 16.1. The van der Waals surface area contributed by atoms with Crippen LogP contribution in [0.15, 0.2) is 24.3 Å². The Bertz CT molecular complexity index is 264. The monoisotopic (exact) mass is 178 g/mol. The second-order valence-corrected chi connectivity index (χ2v) is 2.57. The number of carbonyl (C=O) groups excluding carboxylic acids is 1. The summed E-state index contributed by atoms with van der Waals surface area (Å²) in [5.74, 6) is 0.155. The molecule has 0 bridgehead atoms. The van der Waals surface area contributed by atoms with E-state index in [1.807, 2.05) is 38.1 Å². The first-order valence-electron chi connectivity index (χ1n) is 4.84. The Hall–Kier alpha value is -1.11. The number of aryl methyl sites for hydroxylation is 1. The molecule has 1 heteroatoms. The van der Waals surface area contributed by atoms with E-state index in [1.54, 1.807) is 6.92 Å². The van der Waals surface area contributed by atoms with Gasteiger partial charge in [0, 0.05) is 5.56 Å². The SMILES string of the molecule is CC.CCc1ccccc1C(C)=O. The molecule has 0 fully saturated rings. The summed E-state index contributed by atoms with van der Waals surface area (Å²) in [5.41, 5.74) is 2.00. The zero-order chi connectivity index (χ0) is 10.3. The third-order valence-electron chi connectivity index (χ3n) is 1.78. The molecule has 0 saturated heterocycles. The van der Waals surface area contributed by atoms with Crippen LogP contribution in [0.3, 0.4) is 0 Å². The van der Waals surface area contributed by atoms with Gasteiger partial charge in [-0.2, -0.15) is 0 Å². The standard InChI is InChI=1S/C10H12O.C2H6/c1-3-9-6-4-5-7-10(9)8(2)11;1-2/h4-7H,3H2,1-2H3;1-2H3. The van der Waals surface area contributed by atoms with Gasteiger partial charge in [0.05, 0.1) is 0 Å². The van der Waals surface area contributed by atoms with Gasteiger partial charge in [-0.1, -0.05) is 45.0 Å². The van der Waals surface area contributed by atoms with Crippen LogP contribution in [0.1, 0.15) is 43.6 Å². The molecular weight excluding hydrogens is 160 g/mol. The van der Waals surface area contributed by atoms with Gasteiger partial charge >= 0.3 is 0 Å². The van der Waals surface area contributed by atoms with E-state index < -0.39 is 0 Å². The first kappa shape index (κ1) is 11.9. The van der Waals surface area contributed by atoms with Crippen molar-refractivity contribution in [3.05, 3.63) is 35.4 Å². The summed E-state index contributed by atoms with van der Waals surface area (Å²) in [6, 6.07) is 7.74. The maximum absolute atomic E-state index is 11.0. The second-order valence-electron chi connectivity index (χ2n) is 2.57. The Morgan fingerprint density at radius 1 is 1.23 bits per heavy atom. The first-order chi connectivity index (χ1) is 6.25. The van der Waals surface area contributed by atoms with Gasteiger partial charge in [-0.05, 0) is 18.9 Å². The molecule has 0 aromatic heterocycles. The van der Waals surface area contributed by atoms with E-state index in [0.717, 1.165) is 17.5 Å². The quantitative estimate of drug-likeness (QED) is 0.634. The minimum Gasteiger partial charge on any atom is -0.295 e. The zero-order valence-corrected chi connectivity index (χ0v) is 8.92. The molecule has 0 amide bonds. The molecule has 0 aliphatic carbocycles. The van der Waals surface area contributed by atoms with Crippen molar-refractivity contribution in [3.8, 4) is 0 Å². The summed E-state index contributed by atoms with van der Waals surface area (Å²) < 4.78 is 0. The van der Waals surface area contributed by atoms with Crippen molar-refractivity contribution in [1.29, 1.82) is 0 Å². The largest absolute Gasteiger partial charge is 0.295 e. The number of hydrogen-bond donors (Lipinski definition) is 0. The molecule has 0 N–H and O–H groups in total. The van der Waals surface area contributed by atoms with Crippen LogP contribution in [0.5, 0.6) is 0 Å². The second kappa shape index (κ2) is 6.41. The smallest absolute Gasteiger partial charge is 0.160 e. The highest BCUT2D eigenvalue weighted by Crippen LogP contribution is 2.09. The molecule has 0 saturated carbocycles. The Morgan fingerprint density at radius 3 is 2.15 bits per heavy atom. The molecule has 0 atom stereocenters. The van der Waals surface area contributed by atoms with Gasteiger partial charge in [0.15, 0.2) is 5.78 Å². The van der Waals surface area contributed by atoms with E-state index in [1.165, 1.54) is 0 Å². The molecule has 0 radical (unpaired) electrons. The lowest BCUT2D eigenvalue weighted by Gasteiger charge is -2.01. The van der Waals surface area contributed by atoms with E-state index in [9.17, 15) is 4.79 Å². The minimum atomic E-state index is 0.155. The molecule has 0 unspecified atom stereocenters. The van der Waals surface area contributed by atoms with Crippen molar-refractivity contribution in [2.24, 2.45) is 0 Å². The third kappa shape index (κ3) is 3.41. The van der Waals surface area contributed by atoms with Crippen LogP contribution < -0.4 is 0 Å². The van der Waals surface area contributed by atoms with Gasteiger partial charge in [0.2, 0.25) is 0 Å². The van der Waals surface area contributed by atoms with Crippen molar-refractivity contribution >= 4 is 5.78 Å². The summed E-state index contributed by atoms with van der Waals surface area (Å²) in [5, 5.41) is 0. The average Bonchev–Trinajstić information content (AvgIpc) is 2.20. The normalized spacial score (nSPS) is 8.62. The van der Waals surface area contributed by atoms with E-state index in [-0.39, 0.29) is 5.78 Å². The first-order valence-corrected chi connectivity index (χ1v) is 4.84. The van der Waals surface area contributed by atoms with E-state index >= 15 is 0 Å². The summed E-state index contributed by atoms with van der Waals surface area (Å²) in [6.45, 7) is 7.66. The van der Waals surface area contributed by atoms with Gasteiger partial charge in [-0.25, -0.2) is 0 Å². The van der Waals surface area contributed by atoms with Crippen LogP contribution in [-0.4, -0.2) is 5.78 Å². The predicted molar refractivity (Wildman–Crippen MR) is 57.2 cm³/mol. The van der Waals surface area contributed by atoms with Crippen LogP contribution in [0.4, 0.5) is 0 Å². The Balaban J connectivity index is 0.000000671. The zero-order valence-electron chi connectivity index (χ0n) is 8.92. The fourth-order valence-corrected chi connectivity index (χ4v) is 1.17. The number of hydrogen-bond acceptors (Lipinski definition) is 1. The van der Waals surface area contributed by atoms with Crippen molar-refractivity contribution in [2.75, 3.05) is 0 Å². The van der Waals surface area contributed by atoms with Crippen LogP contribution >= 0.6 is 0 Å². The average molecular weight is 178 g/mol. The number of Topliss-reactive ketones (excluding diaryl/α,β-unsaturated/α-hetero) is 1. The Kier molecular flexibility index (Phi) is 5.86. The lowest BCUT2D eigenvalue weighted by atomic mass is 10.0. The fourth-order valence-electron chi connectivity index (χ4n) is 1.17. The summed E-state index contributed by atoms with van der Waals surface area (Å²) in [7, 11) is 0. The van der Waals surface area contributed by atoms with E-state index in [2.05, 4.69) is 6.92 Å². The molecule has 1 aromatic rings. The molecule has 0 heterocycles. The molecule has 13 heavy (non-hydrogen) atoms. The van der Waals surface area contributed by atoms with Crippen molar-refractivity contribution in [1.82, 2.24) is 0 Å². The lowest BCUT2D eigenvalue weighted by molar-refractivity contribution is 0.101.